The first-order valence-electron chi connectivity index (χ1n) is 14.3. The summed E-state index contributed by atoms with van der Waals surface area (Å²) in [6.07, 6.45) is 7.30. The number of carboxylic acid groups (broad SMARTS) is 2. The summed E-state index contributed by atoms with van der Waals surface area (Å²) >= 11 is 0. The number of hydrogen-bond donors (Lipinski definition) is 5. The van der Waals surface area contributed by atoms with Crippen LogP contribution >= 0.6 is 0 Å². The Balaban J connectivity index is 1.56. The predicted octanol–water partition coefficient (Wildman–Crippen LogP) is 5.05. The van der Waals surface area contributed by atoms with Crippen LogP contribution in [0.1, 0.15) is 78.1 Å². The number of hydrogen-bond acceptors (Lipinski definition) is 5. The molecule has 5 rings (SSSR count). The van der Waals surface area contributed by atoms with E-state index in [-0.39, 0.29) is 18.7 Å². The van der Waals surface area contributed by atoms with E-state index in [1.807, 2.05) is 32.9 Å². The lowest BCUT2D eigenvalue weighted by molar-refractivity contribution is -0.138. The van der Waals surface area contributed by atoms with E-state index in [0.29, 0.717) is 43.0 Å². The minimum Gasteiger partial charge on any atom is -0.481 e. The first kappa shape index (κ1) is 29.6. The SMILES string of the molecule is C=CC1=C(C)C(=O)N/C1=C\c1[nH]c(Cc2[nH]c(/C=C3\N=C4OCCC4=C3C)c(C)c2CCC(=O)O)c(CCC(=O)O)c1C. The topological polar surface area (TPSA) is 157 Å². The number of fused-ring (bicyclic) bond motifs is 1. The molecule has 0 radical (unpaired) electrons. The Morgan fingerprint density at radius 2 is 1.51 bits per heavy atom. The average molecular weight is 585 g/mol. The number of carbonyl (C=O) groups is 3. The Kier molecular flexibility index (Phi) is 8.12. The number of ether oxygens (including phenoxy) is 1. The van der Waals surface area contributed by atoms with Crippen LogP contribution in [0.2, 0.25) is 0 Å². The van der Waals surface area contributed by atoms with Crippen molar-refractivity contribution in [3.63, 3.8) is 0 Å². The van der Waals surface area contributed by atoms with E-state index >= 15 is 0 Å². The van der Waals surface area contributed by atoms with Crippen LogP contribution in [-0.4, -0.2) is 50.5 Å². The Morgan fingerprint density at radius 1 is 0.930 bits per heavy atom. The third kappa shape index (κ3) is 5.77. The molecule has 10 heteroatoms. The summed E-state index contributed by atoms with van der Waals surface area (Å²) in [4.78, 5) is 47.0. The average Bonchev–Trinajstić information content (AvgIpc) is 3.72. The van der Waals surface area contributed by atoms with Crippen LogP contribution in [0.4, 0.5) is 0 Å². The van der Waals surface area contributed by atoms with Gasteiger partial charge in [-0.1, -0.05) is 12.7 Å². The van der Waals surface area contributed by atoms with Gasteiger partial charge in [-0.2, -0.15) is 0 Å². The summed E-state index contributed by atoms with van der Waals surface area (Å²) < 4.78 is 5.65. The predicted molar refractivity (Wildman–Crippen MR) is 163 cm³/mol. The molecule has 0 bridgehead atoms. The molecule has 0 saturated carbocycles. The standard InChI is InChI=1S/C33H36N4O6/c1-6-20-19(5)32(42)36-27(20)14-25-17(3)22(8-10-31(40)41)29(35-25)15-28-21(7-9-30(38)39)16(2)24(34-28)13-26-18(4)23-11-12-43-33(23)37-26/h6,13-14,34-35H,1,7-12,15H2,2-5H3,(H,36,42)(H,38,39)(H,40,41)/b26-13-,27-14-. The van der Waals surface area contributed by atoms with Gasteiger partial charge in [0.2, 0.25) is 5.90 Å². The molecule has 0 aromatic carbocycles. The molecule has 2 aromatic heterocycles. The van der Waals surface area contributed by atoms with Crippen molar-refractivity contribution < 1.29 is 29.3 Å². The molecule has 43 heavy (non-hydrogen) atoms. The van der Waals surface area contributed by atoms with E-state index < -0.39 is 11.9 Å². The summed E-state index contributed by atoms with van der Waals surface area (Å²) in [7, 11) is 0. The van der Waals surface area contributed by atoms with Gasteiger partial charge in [0.15, 0.2) is 0 Å². The maximum Gasteiger partial charge on any atom is 0.303 e. The highest BCUT2D eigenvalue weighted by molar-refractivity contribution is 6.02. The van der Waals surface area contributed by atoms with Crippen LogP contribution in [0.25, 0.3) is 12.2 Å². The second-order valence-corrected chi connectivity index (χ2v) is 11.1. The van der Waals surface area contributed by atoms with E-state index in [1.165, 1.54) is 0 Å². The number of aromatic amines is 2. The van der Waals surface area contributed by atoms with Gasteiger partial charge in [0.25, 0.3) is 5.91 Å². The lowest BCUT2D eigenvalue weighted by Gasteiger charge is -2.07. The number of aliphatic carboxylic acids is 2. The molecule has 5 N–H and O–H groups in total. The first-order valence-corrected chi connectivity index (χ1v) is 14.3. The number of aliphatic imine (C=N–C) groups is 1. The number of H-pyrrole nitrogens is 2. The number of carboxylic acids is 2. The van der Waals surface area contributed by atoms with Crippen molar-refractivity contribution in [2.45, 2.75) is 66.2 Å². The number of aromatic nitrogens is 2. The fraction of sp³-hybridized carbons (Fsp3) is 0.333. The summed E-state index contributed by atoms with van der Waals surface area (Å²) in [5.41, 5.74) is 11.8. The van der Waals surface area contributed by atoms with Gasteiger partial charge in [-0.25, -0.2) is 4.99 Å². The summed E-state index contributed by atoms with van der Waals surface area (Å²) in [6, 6.07) is 0. The largest absolute Gasteiger partial charge is 0.481 e. The molecule has 224 valence electrons. The maximum absolute atomic E-state index is 12.3. The molecule has 0 unspecified atom stereocenters. The Morgan fingerprint density at radius 3 is 2.05 bits per heavy atom. The van der Waals surface area contributed by atoms with Gasteiger partial charge >= 0.3 is 11.9 Å². The number of nitrogens with one attached hydrogen (secondary N) is 3. The monoisotopic (exact) mass is 584 g/mol. The number of carbonyl (C=O) groups excluding carboxylic acids is 1. The van der Waals surface area contributed by atoms with E-state index in [0.717, 1.165) is 73.9 Å². The van der Waals surface area contributed by atoms with Crippen LogP contribution in [0.5, 0.6) is 0 Å². The van der Waals surface area contributed by atoms with E-state index in [1.54, 1.807) is 13.0 Å². The Bertz CT molecular complexity index is 1720. The fourth-order valence-electron chi connectivity index (χ4n) is 5.99. The zero-order valence-electron chi connectivity index (χ0n) is 24.9. The quantitative estimate of drug-likeness (QED) is 0.249. The number of allylic oxidation sites excluding steroid dienone is 2. The van der Waals surface area contributed by atoms with Crippen LogP contribution < -0.4 is 5.32 Å². The first-order chi connectivity index (χ1) is 20.5. The van der Waals surface area contributed by atoms with Crippen LogP contribution in [-0.2, 0) is 38.4 Å². The smallest absolute Gasteiger partial charge is 0.303 e. The normalized spacial score (nSPS) is 18.0. The molecule has 10 nitrogen and oxygen atoms in total. The lowest BCUT2D eigenvalue weighted by atomic mass is 9.98. The molecule has 0 atom stereocenters. The summed E-state index contributed by atoms with van der Waals surface area (Å²) in [5, 5.41) is 21.8. The third-order valence-electron chi connectivity index (χ3n) is 8.51. The molecular formula is C33H36N4O6. The van der Waals surface area contributed by atoms with E-state index in [9.17, 15) is 24.6 Å². The molecule has 0 aliphatic carbocycles. The highest BCUT2D eigenvalue weighted by Gasteiger charge is 2.28. The van der Waals surface area contributed by atoms with Gasteiger partial charge in [0, 0.05) is 65.2 Å². The molecule has 1 amide bonds. The van der Waals surface area contributed by atoms with Gasteiger partial charge in [0.05, 0.1) is 18.0 Å². The Labute approximate surface area is 249 Å². The second kappa shape index (κ2) is 11.8. The molecule has 3 aliphatic rings. The van der Waals surface area contributed by atoms with Crippen molar-refractivity contribution >= 4 is 35.9 Å². The highest BCUT2D eigenvalue weighted by Crippen LogP contribution is 2.35. The van der Waals surface area contributed by atoms with Gasteiger partial charge in [-0.3, -0.25) is 14.4 Å². The zero-order chi connectivity index (χ0) is 31.0. The van der Waals surface area contributed by atoms with E-state index in [4.69, 9.17) is 4.74 Å². The van der Waals surface area contributed by atoms with Crippen molar-refractivity contribution in [2.24, 2.45) is 4.99 Å². The molecule has 3 aliphatic heterocycles. The fourth-order valence-corrected chi connectivity index (χ4v) is 5.99. The van der Waals surface area contributed by atoms with Crippen LogP contribution in [0, 0.1) is 13.8 Å². The van der Waals surface area contributed by atoms with Crippen molar-refractivity contribution in [2.75, 3.05) is 6.61 Å². The van der Waals surface area contributed by atoms with Crippen LogP contribution in [0.15, 0.2) is 51.3 Å². The van der Waals surface area contributed by atoms with Gasteiger partial charge in [-0.15, -0.1) is 0 Å². The van der Waals surface area contributed by atoms with Gasteiger partial charge < -0.3 is 30.2 Å². The van der Waals surface area contributed by atoms with Crippen molar-refractivity contribution in [3.8, 4) is 0 Å². The third-order valence-corrected chi connectivity index (χ3v) is 8.51. The minimum atomic E-state index is -0.898. The van der Waals surface area contributed by atoms with E-state index in [2.05, 4.69) is 26.9 Å². The second-order valence-electron chi connectivity index (χ2n) is 11.1. The van der Waals surface area contributed by atoms with Gasteiger partial charge in [0.1, 0.15) is 0 Å². The number of amides is 1. The lowest BCUT2D eigenvalue weighted by Crippen LogP contribution is -2.15. The zero-order valence-corrected chi connectivity index (χ0v) is 24.9. The van der Waals surface area contributed by atoms with Crippen LogP contribution in [0.3, 0.4) is 0 Å². The summed E-state index contributed by atoms with van der Waals surface area (Å²) in [6.45, 7) is 12.2. The molecule has 2 aromatic rings. The molecular weight excluding hydrogens is 548 g/mol. The Hall–Kier alpha value is -4.86. The highest BCUT2D eigenvalue weighted by atomic mass is 16.5. The van der Waals surface area contributed by atoms with Gasteiger partial charge in [-0.05, 0) is 80.5 Å². The molecule has 5 heterocycles. The molecule has 1 saturated heterocycles. The van der Waals surface area contributed by atoms with Crippen molar-refractivity contribution in [1.82, 2.24) is 15.3 Å². The minimum absolute atomic E-state index is 0.0242. The molecule has 0 spiro atoms. The summed E-state index contributed by atoms with van der Waals surface area (Å²) in [5.74, 6) is -1.29. The number of nitrogens with zero attached hydrogens (tertiary/aromatic N) is 1. The van der Waals surface area contributed by atoms with Crippen molar-refractivity contribution in [3.05, 3.63) is 91.4 Å². The molecule has 1 fully saturated rings. The number of rotatable bonds is 11. The van der Waals surface area contributed by atoms with Crippen molar-refractivity contribution in [1.29, 1.82) is 0 Å². The maximum atomic E-state index is 12.3.